The van der Waals surface area contributed by atoms with E-state index in [2.05, 4.69) is 0 Å². The number of aliphatic hydroxyl groups excluding tert-OH is 1. The van der Waals surface area contributed by atoms with Crippen molar-refractivity contribution < 1.29 is 56.5 Å². The molecule has 0 atom stereocenters. The van der Waals surface area contributed by atoms with Crippen molar-refractivity contribution in [1.82, 2.24) is 0 Å². The molecule has 7 nitrogen and oxygen atoms in total. The Bertz CT molecular complexity index is 262. The van der Waals surface area contributed by atoms with Gasteiger partial charge in [-0.1, -0.05) is 40.0 Å². The smallest absolute Gasteiger partial charge is 0.550 e. The summed E-state index contributed by atoms with van der Waals surface area (Å²) < 4.78 is 0. The Balaban J connectivity index is -0.0000000759. The molecule has 0 heterocycles. The van der Waals surface area contributed by atoms with E-state index >= 15 is 0 Å². The molecule has 1 N–H and O–H groups in total. The van der Waals surface area contributed by atoms with Crippen molar-refractivity contribution in [2.45, 2.75) is 98.5 Å². The summed E-state index contributed by atoms with van der Waals surface area (Å²) in [5.41, 5.74) is 0. The van der Waals surface area contributed by atoms with Crippen LogP contribution in [0.2, 0.25) is 0 Å². The minimum absolute atomic E-state index is 0. The third-order valence-corrected chi connectivity index (χ3v) is 2.20. The largest absolute Gasteiger partial charge is 3.00 e. The van der Waals surface area contributed by atoms with Gasteiger partial charge in [-0.3, -0.25) is 0 Å². The Morgan fingerprint density at radius 2 is 0.846 bits per heavy atom. The van der Waals surface area contributed by atoms with E-state index in [1.165, 1.54) is 0 Å². The zero-order valence-electron chi connectivity index (χ0n) is 16.8. The van der Waals surface area contributed by atoms with E-state index in [0.29, 0.717) is 0 Å². The second-order valence-corrected chi connectivity index (χ2v) is 5.52. The number of carbonyl (C=O) groups is 3. The van der Waals surface area contributed by atoms with Gasteiger partial charge >= 0.3 is 21.7 Å². The number of carboxylic acids is 3. The van der Waals surface area contributed by atoms with Crippen LogP contribution in [0.5, 0.6) is 0 Å². The zero-order valence-corrected chi connectivity index (χ0v) is 18.4. The number of carbonyl (C=O) groups excluding carboxylic acids is 3. The average molecular weight is 411 g/mol. The summed E-state index contributed by atoms with van der Waals surface area (Å²) in [5.74, 6) is -2.83. The molecule has 0 aliphatic rings. The number of carboxylic acid groups (broad SMARTS) is 3. The summed E-state index contributed by atoms with van der Waals surface area (Å²) in [7, 11) is 0. The molecule has 0 saturated carbocycles. The first-order valence-corrected chi connectivity index (χ1v) is 8.82. The minimum Gasteiger partial charge on any atom is -0.550 e. The number of rotatable bonds is 9. The molecule has 0 spiro atoms. The minimum atomic E-state index is -0.943. The van der Waals surface area contributed by atoms with Gasteiger partial charge in [0, 0.05) is 24.0 Å². The molecule has 0 fully saturated rings. The maximum atomic E-state index is 9.65. The number of hydrogen-bond donors (Lipinski definition) is 1. The summed E-state index contributed by atoms with van der Waals surface area (Å²) >= 11 is 0. The van der Waals surface area contributed by atoms with Gasteiger partial charge in [-0.15, -0.1) is 0 Å². The molecule has 1 radical (unpaired) electrons. The van der Waals surface area contributed by atoms with E-state index in [1.807, 2.05) is 20.8 Å². The number of aliphatic carboxylic acids is 3. The fraction of sp³-hybridized carbons (Fsp3) is 0.833. The van der Waals surface area contributed by atoms with Gasteiger partial charge in [0.1, 0.15) is 0 Å². The molecule has 0 aliphatic heterocycles. The molecule has 0 rings (SSSR count). The Hall–Kier alpha value is -0.916. The van der Waals surface area contributed by atoms with Crippen molar-refractivity contribution in [3.63, 3.8) is 0 Å². The Morgan fingerprint density at radius 3 is 0.885 bits per heavy atom. The monoisotopic (exact) mass is 411 g/mol. The van der Waals surface area contributed by atoms with Crippen molar-refractivity contribution in [1.29, 1.82) is 0 Å². The number of aliphatic hydroxyl groups is 1. The second kappa shape index (κ2) is 31.8. The Morgan fingerprint density at radius 1 is 0.692 bits per heavy atom. The molecule has 0 unspecified atom stereocenters. The maximum absolute atomic E-state index is 9.65. The molecular weight excluding hydrogens is 376 g/mol. The van der Waals surface area contributed by atoms with E-state index in [0.717, 1.165) is 38.5 Å². The van der Waals surface area contributed by atoms with Crippen LogP contribution >= 0.6 is 0 Å². The molecule has 0 bridgehead atoms. The predicted octanol–water partition coefficient (Wildman–Crippen LogP) is 0.164. The first-order chi connectivity index (χ1) is 11.5. The summed E-state index contributed by atoms with van der Waals surface area (Å²) in [4.78, 5) is 28.9. The van der Waals surface area contributed by atoms with Crippen LogP contribution in [0, 0.1) is 0 Å². The molecular formula is C18H35O7Ti. The molecule has 8 heteroatoms. The zero-order chi connectivity index (χ0) is 20.7. The second-order valence-electron chi connectivity index (χ2n) is 5.52. The van der Waals surface area contributed by atoms with Gasteiger partial charge in [0.2, 0.25) is 0 Å². The van der Waals surface area contributed by atoms with Gasteiger partial charge in [0.05, 0.1) is 0 Å². The molecule has 26 heavy (non-hydrogen) atoms. The maximum Gasteiger partial charge on any atom is 3.00 e. The van der Waals surface area contributed by atoms with Crippen LogP contribution in [0.15, 0.2) is 0 Å². The quantitative estimate of drug-likeness (QED) is 0.533. The fourth-order valence-electron chi connectivity index (χ4n) is 0.963. The van der Waals surface area contributed by atoms with Crippen molar-refractivity contribution in [2.24, 2.45) is 0 Å². The van der Waals surface area contributed by atoms with Crippen LogP contribution < -0.4 is 15.3 Å². The van der Waals surface area contributed by atoms with Crippen molar-refractivity contribution >= 4 is 17.9 Å². The van der Waals surface area contributed by atoms with Gasteiger partial charge in [0.25, 0.3) is 0 Å². The van der Waals surface area contributed by atoms with Gasteiger partial charge in [-0.2, -0.15) is 0 Å². The molecule has 0 aliphatic carbocycles. The van der Waals surface area contributed by atoms with E-state index < -0.39 is 17.9 Å². The van der Waals surface area contributed by atoms with E-state index in [1.54, 1.807) is 13.8 Å². The first kappa shape index (κ1) is 36.1. The van der Waals surface area contributed by atoms with E-state index in [9.17, 15) is 29.7 Å². The summed E-state index contributed by atoms with van der Waals surface area (Å²) in [6.45, 7) is 9.29. The third kappa shape index (κ3) is 91.6. The van der Waals surface area contributed by atoms with Crippen molar-refractivity contribution in [3.05, 3.63) is 0 Å². The standard InChI is InChI=1S/3C5H10O2.C3H8O.Ti/c3*1-2-3-4-5(6)7;1-3(2)4;/h3*2-4H2,1H3,(H,6,7);3-4H,1-2H3;/q;;;;+3/p-3. The average Bonchev–Trinajstić information content (AvgIpc) is 2.49. The van der Waals surface area contributed by atoms with Gasteiger partial charge in [0.15, 0.2) is 0 Å². The SMILES string of the molecule is CC(C)O.CCCCC(=O)[O-].CCCCC(=O)[O-].CCCCC(=O)[O-].[Ti+3]. The summed E-state index contributed by atoms with van der Waals surface area (Å²) in [6, 6.07) is 0. The van der Waals surface area contributed by atoms with Crippen LogP contribution in [0.3, 0.4) is 0 Å². The molecule has 0 amide bonds. The van der Waals surface area contributed by atoms with E-state index in [-0.39, 0.29) is 47.1 Å². The Kier molecular flexibility index (Phi) is 44.1. The molecule has 0 aromatic carbocycles. The van der Waals surface area contributed by atoms with Crippen LogP contribution in [-0.4, -0.2) is 29.1 Å². The van der Waals surface area contributed by atoms with Crippen LogP contribution in [0.4, 0.5) is 0 Å². The van der Waals surface area contributed by atoms with Gasteiger partial charge in [-0.05, 0) is 52.4 Å². The van der Waals surface area contributed by atoms with Crippen LogP contribution in [0.1, 0.15) is 92.4 Å². The summed E-state index contributed by atoms with van der Waals surface area (Å²) in [6.07, 6.45) is 5.44. The fourth-order valence-corrected chi connectivity index (χ4v) is 0.963. The third-order valence-electron chi connectivity index (χ3n) is 2.20. The van der Waals surface area contributed by atoms with Crippen molar-refractivity contribution in [3.8, 4) is 0 Å². The summed E-state index contributed by atoms with van der Waals surface area (Å²) in [5, 5.41) is 37.0. The molecule has 0 saturated heterocycles. The molecule has 0 aromatic rings. The molecule has 153 valence electrons. The van der Waals surface area contributed by atoms with Gasteiger partial charge in [-0.25, -0.2) is 0 Å². The van der Waals surface area contributed by atoms with Gasteiger partial charge < -0.3 is 34.8 Å². The normalized spacial score (nSPS) is 8.42. The van der Waals surface area contributed by atoms with Crippen molar-refractivity contribution in [2.75, 3.05) is 0 Å². The Labute approximate surface area is 173 Å². The van der Waals surface area contributed by atoms with E-state index in [4.69, 9.17) is 5.11 Å². The number of unbranched alkanes of at least 4 members (excludes halogenated alkanes) is 3. The van der Waals surface area contributed by atoms with Crippen LogP contribution in [0.25, 0.3) is 0 Å². The topological polar surface area (TPSA) is 141 Å². The first-order valence-electron chi connectivity index (χ1n) is 8.82. The molecule has 0 aromatic heterocycles. The predicted molar refractivity (Wildman–Crippen MR) is 91.0 cm³/mol. The number of hydrogen-bond acceptors (Lipinski definition) is 7. The van der Waals surface area contributed by atoms with Crippen LogP contribution in [-0.2, 0) is 36.1 Å².